The van der Waals surface area contributed by atoms with E-state index in [-0.39, 0.29) is 5.43 Å². The maximum absolute atomic E-state index is 12.9. The number of rotatable bonds is 2. The minimum atomic E-state index is -0.0277. The van der Waals surface area contributed by atoms with Crippen LogP contribution in [0.15, 0.2) is 71.5 Å². The highest BCUT2D eigenvalue weighted by molar-refractivity contribution is 6.04. The Labute approximate surface area is 132 Å². The van der Waals surface area contributed by atoms with E-state index in [2.05, 4.69) is 10.3 Å². The number of pyridine rings is 1. The van der Waals surface area contributed by atoms with E-state index in [4.69, 9.17) is 5.73 Å². The van der Waals surface area contributed by atoms with Crippen LogP contribution in [0, 0.1) is 0 Å². The fourth-order valence-electron chi connectivity index (χ4n) is 2.83. The number of nitrogen functional groups attached to an aromatic ring is 1. The van der Waals surface area contributed by atoms with Crippen LogP contribution in [0.1, 0.15) is 0 Å². The van der Waals surface area contributed by atoms with Gasteiger partial charge in [0.2, 0.25) is 0 Å². The number of para-hydroxylation sites is 2. The van der Waals surface area contributed by atoms with Gasteiger partial charge in [0.1, 0.15) is 0 Å². The van der Waals surface area contributed by atoms with Crippen molar-refractivity contribution in [3.8, 4) is 0 Å². The van der Waals surface area contributed by atoms with E-state index in [1.54, 1.807) is 6.07 Å². The molecule has 1 heterocycles. The van der Waals surface area contributed by atoms with Gasteiger partial charge in [-0.3, -0.25) is 4.79 Å². The average molecular weight is 301 g/mol. The summed E-state index contributed by atoms with van der Waals surface area (Å²) in [6, 6.07) is 20.9. The quantitative estimate of drug-likeness (QED) is 0.387. The number of nitrogens with two attached hydrogens (primary N) is 1. The van der Waals surface area contributed by atoms with E-state index in [9.17, 15) is 4.79 Å². The molecule has 3 aromatic carbocycles. The topological polar surface area (TPSA) is 70.9 Å². The van der Waals surface area contributed by atoms with Gasteiger partial charge in [0.25, 0.3) is 0 Å². The Morgan fingerprint density at radius 1 is 0.870 bits per heavy atom. The maximum Gasteiger partial charge on any atom is 0.199 e. The van der Waals surface area contributed by atoms with Crippen molar-refractivity contribution in [1.82, 2.24) is 4.98 Å². The fourth-order valence-corrected chi connectivity index (χ4v) is 2.83. The van der Waals surface area contributed by atoms with Gasteiger partial charge in [-0.05, 0) is 36.4 Å². The van der Waals surface area contributed by atoms with Crippen LogP contribution >= 0.6 is 0 Å². The summed E-state index contributed by atoms with van der Waals surface area (Å²) in [5, 5.41) is 4.53. The molecule has 0 unspecified atom stereocenters. The number of hydrogen-bond donors (Lipinski definition) is 3. The van der Waals surface area contributed by atoms with Crippen molar-refractivity contribution in [2.45, 2.75) is 0 Å². The Morgan fingerprint density at radius 3 is 2.43 bits per heavy atom. The van der Waals surface area contributed by atoms with Crippen LogP contribution in [0.3, 0.4) is 0 Å². The minimum Gasteiger partial charge on any atom is -0.397 e. The van der Waals surface area contributed by atoms with Crippen molar-refractivity contribution < 1.29 is 0 Å². The third-order valence-electron chi connectivity index (χ3n) is 3.95. The first-order chi connectivity index (χ1) is 11.2. The van der Waals surface area contributed by atoms with Gasteiger partial charge >= 0.3 is 0 Å². The second-order valence-corrected chi connectivity index (χ2v) is 5.44. The Balaban J connectivity index is 2.04. The monoisotopic (exact) mass is 301 g/mol. The van der Waals surface area contributed by atoms with Gasteiger partial charge in [-0.15, -0.1) is 0 Å². The molecule has 0 atom stereocenters. The van der Waals surface area contributed by atoms with Crippen molar-refractivity contribution in [1.29, 1.82) is 0 Å². The Hall–Kier alpha value is -3.27. The third-order valence-corrected chi connectivity index (χ3v) is 3.95. The molecule has 0 spiro atoms. The second kappa shape index (κ2) is 5.18. The number of aromatic nitrogens is 1. The number of aromatic amines is 1. The third kappa shape index (κ3) is 2.21. The molecule has 4 aromatic rings. The lowest BCUT2D eigenvalue weighted by atomic mass is 10.1. The van der Waals surface area contributed by atoms with E-state index >= 15 is 0 Å². The van der Waals surface area contributed by atoms with E-state index in [1.165, 1.54) is 0 Å². The number of fused-ring (bicyclic) bond motifs is 2. The number of benzene rings is 3. The molecule has 4 N–H and O–H groups in total. The summed E-state index contributed by atoms with van der Waals surface area (Å²) < 4.78 is 0. The number of anilines is 3. The lowest BCUT2D eigenvalue weighted by Crippen LogP contribution is -2.08. The molecule has 112 valence electrons. The molecule has 0 saturated heterocycles. The van der Waals surface area contributed by atoms with Crippen LogP contribution in [0.25, 0.3) is 21.8 Å². The van der Waals surface area contributed by atoms with Crippen LogP contribution in [-0.2, 0) is 0 Å². The summed E-state index contributed by atoms with van der Waals surface area (Å²) in [5.41, 5.74) is 9.72. The molecular weight excluding hydrogens is 286 g/mol. The van der Waals surface area contributed by atoms with Crippen LogP contribution in [0.5, 0.6) is 0 Å². The standard InChI is InChI=1S/C19H15N3O/c20-14-10-11-16(21-12-6-2-1-3-7-12)17-18(14)22-15-9-5-4-8-13(15)19(17)23/h1-11,21H,20H2,(H,22,23). The van der Waals surface area contributed by atoms with Crippen molar-refractivity contribution in [3.05, 3.63) is 77.0 Å². The predicted molar refractivity (Wildman–Crippen MR) is 96.2 cm³/mol. The molecule has 0 fully saturated rings. The minimum absolute atomic E-state index is 0.0277. The molecule has 0 aliphatic rings. The molecule has 1 aromatic heterocycles. The van der Waals surface area contributed by atoms with Crippen molar-refractivity contribution in [2.24, 2.45) is 0 Å². The van der Waals surface area contributed by atoms with Gasteiger partial charge in [-0.1, -0.05) is 30.3 Å². The first-order valence-corrected chi connectivity index (χ1v) is 7.39. The predicted octanol–water partition coefficient (Wildman–Crippen LogP) is 4.01. The van der Waals surface area contributed by atoms with Crippen molar-refractivity contribution >= 4 is 38.9 Å². The average Bonchev–Trinajstić information content (AvgIpc) is 2.59. The first kappa shape index (κ1) is 13.4. The lowest BCUT2D eigenvalue weighted by molar-refractivity contribution is 1.47. The number of nitrogens with one attached hydrogen (secondary N) is 2. The molecule has 0 bridgehead atoms. The van der Waals surface area contributed by atoms with Crippen molar-refractivity contribution in [3.63, 3.8) is 0 Å². The van der Waals surface area contributed by atoms with Gasteiger partial charge < -0.3 is 16.0 Å². The highest BCUT2D eigenvalue weighted by Gasteiger charge is 2.12. The second-order valence-electron chi connectivity index (χ2n) is 5.44. The molecule has 4 nitrogen and oxygen atoms in total. The van der Waals surface area contributed by atoms with Gasteiger partial charge in [-0.2, -0.15) is 0 Å². The maximum atomic E-state index is 12.9. The summed E-state index contributed by atoms with van der Waals surface area (Å²) in [6.07, 6.45) is 0. The molecule has 0 aliphatic carbocycles. The lowest BCUT2D eigenvalue weighted by Gasteiger charge is -2.12. The smallest absolute Gasteiger partial charge is 0.199 e. The number of H-pyrrole nitrogens is 1. The number of hydrogen-bond acceptors (Lipinski definition) is 3. The molecule has 0 amide bonds. The SMILES string of the molecule is Nc1ccc(Nc2ccccc2)c2c(=O)c3ccccc3[nH]c12. The van der Waals surface area contributed by atoms with E-state index in [0.29, 0.717) is 22.0 Å². The van der Waals surface area contributed by atoms with Gasteiger partial charge in [0.15, 0.2) is 5.43 Å². The van der Waals surface area contributed by atoms with E-state index in [0.717, 1.165) is 16.9 Å². The molecule has 0 radical (unpaired) electrons. The molecule has 23 heavy (non-hydrogen) atoms. The van der Waals surface area contributed by atoms with E-state index in [1.807, 2.05) is 60.7 Å². The van der Waals surface area contributed by atoms with Gasteiger partial charge in [-0.25, -0.2) is 0 Å². The molecule has 4 rings (SSSR count). The zero-order valence-corrected chi connectivity index (χ0v) is 12.3. The van der Waals surface area contributed by atoms with Crippen molar-refractivity contribution in [2.75, 3.05) is 11.1 Å². The van der Waals surface area contributed by atoms with Gasteiger partial charge in [0.05, 0.1) is 22.3 Å². The summed E-state index contributed by atoms with van der Waals surface area (Å²) in [7, 11) is 0. The molecular formula is C19H15N3O. The zero-order valence-electron chi connectivity index (χ0n) is 12.3. The Morgan fingerprint density at radius 2 is 1.61 bits per heavy atom. The summed E-state index contributed by atoms with van der Waals surface area (Å²) in [6.45, 7) is 0. The Bertz CT molecular complexity index is 1070. The fraction of sp³-hybridized carbons (Fsp3) is 0. The summed E-state index contributed by atoms with van der Waals surface area (Å²) in [4.78, 5) is 16.2. The molecule has 4 heteroatoms. The first-order valence-electron chi connectivity index (χ1n) is 7.39. The largest absolute Gasteiger partial charge is 0.397 e. The van der Waals surface area contributed by atoms with Crippen LogP contribution in [-0.4, -0.2) is 4.98 Å². The molecule has 0 saturated carbocycles. The Kier molecular flexibility index (Phi) is 3.01. The van der Waals surface area contributed by atoms with Crippen LogP contribution in [0.4, 0.5) is 17.1 Å². The van der Waals surface area contributed by atoms with Crippen LogP contribution in [0.2, 0.25) is 0 Å². The van der Waals surface area contributed by atoms with E-state index < -0.39 is 0 Å². The molecule has 0 aliphatic heterocycles. The summed E-state index contributed by atoms with van der Waals surface area (Å²) >= 11 is 0. The van der Waals surface area contributed by atoms with Crippen LogP contribution < -0.4 is 16.5 Å². The highest BCUT2D eigenvalue weighted by atomic mass is 16.1. The zero-order chi connectivity index (χ0) is 15.8. The normalized spacial score (nSPS) is 11.0. The summed E-state index contributed by atoms with van der Waals surface area (Å²) in [5.74, 6) is 0. The van der Waals surface area contributed by atoms with Gasteiger partial charge in [0, 0.05) is 16.6 Å². The highest BCUT2D eigenvalue weighted by Crippen LogP contribution is 2.28.